The molecule has 0 amide bonds. The molecule has 3 nitrogen and oxygen atoms in total. The number of halogens is 3. The highest BCUT2D eigenvalue weighted by molar-refractivity contribution is 5.49. The van der Waals surface area contributed by atoms with Crippen LogP contribution in [0.5, 0.6) is 0 Å². The average Bonchev–Trinajstić information content (AvgIpc) is 2.09. The molecule has 0 aliphatic carbocycles. The van der Waals surface area contributed by atoms with Crippen LogP contribution in [-0.4, -0.2) is 0 Å². The Morgan fingerprint density at radius 1 is 1.20 bits per heavy atom. The van der Waals surface area contributed by atoms with Crippen LogP contribution in [0.1, 0.15) is 6.92 Å². The second-order valence-electron chi connectivity index (χ2n) is 3.00. The molecule has 0 aliphatic heterocycles. The number of nitrogens with two attached hydrogens (primary N) is 2. The van der Waals surface area contributed by atoms with Gasteiger partial charge in [-0.25, -0.2) is 19.0 Å². The van der Waals surface area contributed by atoms with E-state index in [9.17, 15) is 13.2 Å². The lowest BCUT2D eigenvalue weighted by Gasteiger charge is -2.15. The Labute approximate surface area is 84.7 Å². The third-order valence-corrected chi connectivity index (χ3v) is 1.61. The quantitative estimate of drug-likeness (QED) is 0.449. The molecule has 0 unspecified atom stereocenters. The van der Waals surface area contributed by atoms with E-state index in [1.54, 1.807) is 0 Å². The van der Waals surface area contributed by atoms with E-state index in [1.165, 1.54) is 13.1 Å². The summed E-state index contributed by atoms with van der Waals surface area (Å²) in [5, 5.41) is 0.785. The Kier molecular flexibility index (Phi) is 3.21. The van der Waals surface area contributed by atoms with Gasteiger partial charge in [-0.3, -0.25) is 5.01 Å². The van der Waals surface area contributed by atoms with Crippen molar-refractivity contribution in [3.63, 3.8) is 0 Å². The van der Waals surface area contributed by atoms with E-state index in [4.69, 9.17) is 11.6 Å². The van der Waals surface area contributed by atoms with Crippen molar-refractivity contribution in [1.29, 1.82) is 0 Å². The number of benzene rings is 1. The number of allylic oxidation sites excluding steroid dienone is 1. The minimum Gasteiger partial charge on any atom is -0.401 e. The molecule has 1 aromatic rings. The number of hydrogen-bond acceptors (Lipinski definition) is 3. The summed E-state index contributed by atoms with van der Waals surface area (Å²) < 4.78 is 38.5. The summed E-state index contributed by atoms with van der Waals surface area (Å²) in [6, 6.07) is 1.08. The monoisotopic (exact) mass is 217 g/mol. The highest BCUT2D eigenvalue weighted by atomic mass is 19.2. The number of hydrogen-bond donors (Lipinski definition) is 2. The summed E-state index contributed by atoms with van der Waals surface area (Å²) in [6.07, 6.45) is 1.19. The smallest absolute Gasteiger partial charge is 0.161 e. The summed E-state index contributed by atoms with van der Waals surface area (Å²) >= 11 is 0. The van der Waals surface area contributed by atoms with Gasteiger partial charge in [0.15, 0.2) is 17.5 Å². The molecular weight excluding hydrogens is 207 g/mol. The first-order valence-corrected chi connectivity index (χ1v) is 4.04. The first-order valence-electron chi connectivity index (χ1n) is 4.04. The van der Waals surface area contributed by atoms with Crippen molar-refractivity contribution in [2.75, 3.05) is 5.01 Å². The number of nitrogens with zero attached hydrogens (tertiary/aromatic N) is 1. The Balaban J connectivity index is 3.15. The van der Waals surface area contributed by atoms with Crippen LogP contribution in [0, 0.1) is 17.5 Å². The highest BCUT2D eigenvalue weighted by Crippen LogP contribution is 2.20. The molecule has 0 heterocycles. The molecule has 15 heavy (non-hydrogen) atoms. The summed E-state index contributed by atoms with van der Waals surface area (Å²) in [5.41, 5.74) is 5.31. The lowest BCUT2D eigenvalue weighted by atomic mass is 10.2. The molecule has 82 valence electrons. The van der Waals surface area contributed by atoms with Gasteiger partial charge in [0.05, 0.1) is 5.69 Å². The van der Waals surface area contributed by atoms with Crippen LogP contribution < -0.4 is 16.6 Å². The van der Waals surface area contributed by atoms with Crippen molar-refractivity contribution in [3.8, 4) is 0 Å². The van der Waals surface area contributed by atoms with E-state index >= 15 is 0 Å². The third-order valence-electron chi connectivity index (χ3n) is 1.61. The van der Waals surface area contributed by atoms with Crippen LogP contribution in [-0.2, 0) is 0 Å². The van der Waals surface area contributed by atoms with Crippen molar-refractivity contribution in [2.45, 2.75) is 6.92 Å². The van der Waals surface area contributed by atoms with E-state index in [-0.39, 0.29) is 5.69 Å². The molecule has 6 heteroatoms. The summed E-state index contributed by atoms with van der Waals surface area (Å²) in [4.78, 5) is 0. The zero-order valence-electron chi connectivity index (χ0n) is 7.97. The maximum absolute atomic E-state index is 13.1. The van der Waals surface area contributed by atoms with Crippen LogP contribution in [0.15, 0.2) is 24.0 Å². The minimum absolute atomic E-state index is 0.293. The van der Waals surface area contributed by atoms with E-state index in [2.05, 4.69) is 0 Å². The van der Waals surface area contributed by atoms with Gasteiger partial charge in [0, 0.05) is 24.0 Å². The van der Waals surface area contributed by atoms with Gasteiger partial charge < -0.3 is 5.73 Å². The van der Waals surface area contributed by atoms with Crippen LogP contribution in [0.25, 0.3) is 0 Å². The van der Waals surface area contributed by atoms with Gasteiger partial charge in [0.1, 0.15) is 0 Å². The standard InChI is InChI=1S/C9H10F3N3/c1-5(13)4-15(14)9-3-7(11)6(10)2-8(9)12/h2-4H,13-14H2,1H3/b5-4-. The Bertz CT molecular complexity index is 400. The lowest BCUT2D eigenvalue weighted by Crippen LogP contribution is -2.26. The summed E-state index contributed by atoms with van der Waals surface area (Å²) in [6.45, 7) is 1.53. The lowest BCUT2D eigenvalue weighted by molar-refractivity contribution is 0.495. The number of hydrazine groups is 1. The van der Waals surface area contributed by atoms with Crippen molar-refractivity contribution >= 4 is 5.69 Å². The van der Waals surface area contributed by atoms with Gasteiger partial charge in [-0.05, 0) is 6.92 Å². The van der Waals surface area contributed by atoms with Crippen LogP contribution >= 0.6 is 0 Å². The van der Waals surface area contributed by atoms with Crippen LogP contribution in [0.2, 0.25) is 0 Å². The predicted molar refractivity (Wildman–Crippen MR) is 50.9 cm³/mol. The Morgan fingerprint density at radius 2 is 1.73 bits per heavy atom. The molecule has 0 atom stereocenters. The molecular formula is C9H10F3N3. The van der Waals surface area contributed by atoms with Crippen LogP contribution in [0.3, 0.4) is 0 Å². The fourth-order valence-corrected chi connectivity index (χ4v) is 0.999. The van der Waals surface area contributed by atoms with E-state index in [0.717, 1.165) is 5.01 Å². The number of rotatable bonds is 2. The van der Waals surface area contributed by atoms with Crippen molar-refractivity contribution in [3.05, 3.63) is 41.5 Å². The average molecular weight is 217 g/mol. The SMILES string of the molecule is C/C(N)=C/N(N)c1cc(F)c(F)cc1F. The third kappa shape index (κ3) is 2.63. The van der Waals surface area contributed by atoms with E-state index in [0.29, 0.717) is 17.8 Å². The van der Waals surface area contributed by atoms with Gasteiger partial charge in [0.2, 0.25) is 0 Å². The van der Waals surface area contributed by atoms with Gasteiger partial charge in [-0.2, -0.15) is 0 Å². The first-order chi connectivity index (χ1) is 6.91. The molecule has 1 rings (SSSR count). The first kappa shape index (κ1) is 11.4. The minimum atomic E-state index is -1.27. The van der Waals surface area contributed by atoms with Gasteiger partial charge in [0.25, 0.3) is 0 Å². The maximum Gasteiger partial charge on any atom is 0.161 e. The molecule has 0 bridgehead atoms. The second-order valence-corrected chi connectivity index (χ2v) is 3.00. The largest absolute Gasteiger partial charge is 0.401 e. The molecule has 4 N–H and O–H groups in total. The molecule has 0 saturated carbocycles. The van der Waals surface area contributed by atoms with Gasteiger partial charge >= 0.3 is 0 Å². The summed E-state index contributed by atoms with van der Waals surface area (Å²) in [7, 11) is 0. The zero-order chi connectivity index (χ0) is 11.6. The van der Waals surface area contributed by atoms with Crippen molar-refractivity contribution in [2.24, 2.45) is 11.6 Å². The molecule has 0 fully saturated rings. The Morgan fingerprint density at radius 3 is 2.27 bits per heavy atom. The van der Waals surface area contributed by atoms with Gasteiger partial charge in [-0.15, -0.1) is 0 Å². The molecule has 0 aromatic heterocycles. The maximum atomic E-state index is 13.1. The second kappa shape index (κ2) is 4.22. The van der Waals surface area contributed by atoms with Crippen LogP contribution in [0.4, 0.5) is 18.9 Å². The van der Waals surface area contributed by atoms with Crippen molar-refractivity contribution < 1.29 is 13.2 Å². The molecule has 0 radical (unpaired) electrons. The summed E-state index contributed by atoms with van der Waals surface area (Å²) in [5.74, 6) is 1.96. The Hall–Kier alpha value is -1.69. The van der Waals surface area contributed by atoms with Crippen molar-refractivity contribution in [1.82, 2.24) is 0 Å². The normalized spacial score (nSPS) is 11.7. The van der Waals surface area contributed by atoms with E-state index in [1.807, 2.05) is 0 Å². The topological polar surface area (TPSA) is 55.3 Å². The molecule has 0 saturated heterocycles. The fourth-order valence-electron chi connectivity index (χ4n) is 0.999. The predicted octanol–water partition coefficient (Wildman–Crippen LogP) is 1.60. The zero-order valence-corrected chi connectivity index (χ0v) is 7.97. The van der Waals surface area contributed by atoms with E-state index < -0.39 is 17.5 Å². The molecule has 0 spiro atoms. The highest BCUT2D eigenvalue weighted by Gasteiger charge is 2.12. The molecule has 1 aromatic carbocycles. The fraction of sp³-hybridized carbons (Fsp3) is 0.111. The number of anilines is 1. The van der Waals surface area contributed by atoms with Gasteiger partial charge in [-0.1, -0.05) is 0 Å². The molecule has 0 aliphatic rings.